The molecule has 1 heterocycles. The van der Waals surface area contributed by atoms with Crippen molar-refractivity contribution >= 4 is 7.52 Å². The van der Waals surface area contributed by atoms with Gasteiger partial charge in [-0.25, -0.2) is 4.67 Å². The molecule has 0 N–H and O–H groups in total. The van der Waals surface area contributed by atoms with Gasteiger partial charge in [0.2, 0.25) is 0 Å². The number of rotatable bonds is 3. The molecule has 0 radical (unpaired) electrons. The number of fused-ring (bicyclic) bond motifs is 1. The summed E-state index contributed by atoms with van der Waals surface area (Å²) in [7, 11) is -2.81. The fourth-order valence-corrected chi connectivity index (χ4v) is 6.57. The van der Waals surface area contributed by atoms with Crippen molar-refractivity contribution in [3.63, 3.8) is 0 Å². The number of piperidine rings is 1. The van der Waals surface area contributed by atoms with Crippen LogP contribution in [0.15, 0.2) is 0 Å². The maximum absolute atomic E-state index is 13.8. The van der Waals surface area contributed by atoms with Crippen LogP contribution in [-0.4, -0.2) is 29.5 Å². The molecule has 3 nitrogen and oxygen atoms in total. The van der Waals surface area contributed by atoms with Crippen molar-refractivity contribution in [1.29, 1.82) is 0 Å². The van der Waals surface area contributed by atoms with Crippen LogP contribution in [-0.2, 0) is 9.09 Å². The van der Waals surface area contributed by atoms with Crippen LogP contribution in [0.5, 0.6) is 0 Å². The predicted molar refractivity (Wildman–Crippen MR) is 108 cm³/mol. The van der Waals surface area contributed by atoms with Gasteiger partial charge in [-0.05, 0) is 50.9 Å². The Labute approximate surface area is 152 Å². The quantitative estimate of drug-likeness (QED) is 0.516. The predicted octanol–water partition coefficient (Wildman–Crippen LogP) is 6.83. The van der Waals surface area contributed by atoms with Gasteiger partial charge in [0, 0.05) is 13.1 Å². The highest BCUT2D eigenvalue weighted by Gasteiger charge is 2.47. The Balaban J connectivity index is 0.00000264. The van der Waals surface area contributed by atoms with E-state index in [2.05, 4.69) is 46.2 Å². The van der Waals surface area contributed by atoms with Crippen LogP contribution in [0.2, 0.25) is 0 Å². The Bertz CT molecular complexity index is 422. The Morgan fingerprint density at radius 3 is 2.00 bits per heavy atom. The summed E-state index contributed by atoms with van der Waals surface area (Å²) in [4.78, 5) is 0. The van der Waals surface area contributed by atoms with Gasteiger partial charge in [0.25, 0.3) is 7.52 Å². The molecule has 1 aliphatic heterocycles. The fraction of sp³-hybridized carbons (Fsp3) is 1.00. The van der Waals surface area contributed by atoms with Gasteiger partial charge in [-0.2, -0.15) is 0 Å². The lowest BCUT2D eigenvalue weighted by atomic mass is 9.76. The van der Waals surface area contributed by atoms with Crippen molar-refractivity contribution in [2.75, 3.05) is 19.7 Å². The minimum atomic E-state index is -2.81. The normalized spacial score (nSPS) is 28.1. The van der Waals surface area contributed by atoms with Gasteiger partial charge in [-0.1, -0.05) is 54.9 Å². The monoisotopic (exact) mass is 361 g/mol. The zero-order chi connectivity index (χ0) is 16.6. The van der Waals surface area contributed by atoms with Gasteiger partial charge in [0.1, 0.15) is 0 Å². The van der Waals surface area contributed by atoms with E-state index in [-0.39, 0.29) is 25.4 Å². The summed E-state index contributed by atoms with van der Waals surface area (Å²) in [6, 6.07) is 0. The second kappa shape index (κ2) is 8.69. The van der Waals surface area contributed by atoms with Crippen molar-refractivity contribution < 1.29 is 9.09 Å². The van der Waals surface area contributed by atoms with E-state index in [0.717, 1.165) is 24.9 Å². The molecule has 3 unspecified atom stereocenters. The molecule has 2 fully saturated rings. The van der Waals surface area contributed by atoms with E-state index in [1.165, 1.54) is 32.1 Å². The summed E-state index contributed by atoms with van der Waals surface area (Å²) in [6.07, 6.45) is 6.62. The highest BCUT2D eigenvalue weighted by Crippen LogP contribution is 2.63. The van der Waals surface area contributed by atoms with Crippen LogP contribution in [0.1, 0.15) is 88.5 Å². The van der Waals surface area contributed by atoms with Crippen LogP contribution in [0.3, 0.4) is 0 Å². The zero-order valence-electron chi connectivity index (χ0n) is 15.5. The Morgan fingerprint density at radius 2 is 1.50 bits per heavy atom. The first-order valence-electron chi connectivity index (χ1n) is 9.03. The van der Waals surface area contributed by atoms with Crippen LogP contribution in [0.4, 0.5) is 0 Å². The first kappa shape index (κ1) is 24.1. The molecular weight excluding hydrogens is 317 g/mol. The zero-order valence-corrected chi connectivity index (χ0v) is 16.4. The molecule has 0 aromatic heterocycles. The first-order valence-corrected chi connectivity index (χ1v) is 10.6. The topological polar surface area (TPSA) is 29.5 Å². The van der Waals surface area contributed by atoms with Crippen LogP contribution in [0.25, 0.3) is 0 Å². The Kier molecular flexibility index (Phi) is 8.75. The van der Waals surface area contributed by atoms with Gasteiger partial charge >= 0.3 is 0 Å². The number of hydrogen-bond donors (Lipinski definition) is 0. The average Bonchev–Trinajstić information content (AvgIpc) is 2.42. The van der Waals surface area contributed by atoms with E-state index in [1.807, 2.05) is 0 Å². The highest BCUT2D eigenvalue weighted by molar-refractivity contribution is 7.58. The van der Waals surface area contributed by atoms with Crippen LogP contribution < -0.4 is 0 Å². The number of nitrogens with zero attached hydrogens (tertiary/aromatic N) is 1. The lowest BCUT2D eigenvalue weighted by molar-refractivity contribution is 0.107. The maximum Gasteiger partial charge on any atom is 0.277 e. The molecule has 4 heteroatoms. The maximum atomic E-state index is 13.8. The molecule has 2 rings (SSSR count). The molecule has 0 aromatic rings. The van der Waals surface area contributed by atoms with Crippen molar-refractivity contribution in [2.24, 2.45) is 17.3 Å². The lowest BCUT2D eigenvalue weighted by Gasteiger charge is -2.47. The van der Waals surface area contributed by atoms with Gasteiger partial charge < -0.3 is 4.52 Å². The SMILES string of the molecule is C.C.CC(C)(C)COP(=O)(N1CCC2CCCCC2C1)C(C)(C)C. The highest BCUT2D eigenvalue weighted by atomic mass is 31.2. The van der Waals surface area contributed by atoms with Crippen LogP contribution in [0, 0.1) is 17.3 Å². The van der Waals surface area contributed by atoms with Gasteiger partial charge in [0.15, 0.2) is 0 Å². The minimum Gasteiger partial charge on any atom is -0.316 e. The molecule has 0 bridgehead atoms. The Hall–Kier alpha value is 0.150. The summed E-state index contributed by atoms with van der Waals surface area (Å²) in [5.41, 5.74) is 0.0457. The molecule has 24 heavy (non-hydrogen) atoms. The third-order valence-electron chi connectivity index (χ3n) is 5.16. The summed E-state index contributed by atoms with van der Waals surface area (Å²) in [5.74, 6) is 1.59. The van der Waals surface area contributed by atoms with Crippen LogP contribution >= 0.6 is 7.52 Å². The molecule has 2 aliphatic rings. The largest absolute Gasteiger partial charge is 0.316 e. The molecule has 1 aliphatic carbocycles. The molecular formula is C20H44NO2P. The van der Waals surface area contributed by atoms with Crippen molar-refractivity contribution in [3.8, 4) is 0 Å². The van der Waals surface area contributed by atoms with E-state index in [1.54, 1.807) is 0 Å². The van der Waals surface area contributed by atoms with E-state index in [0.29, 0.717) is 6.61 Å². The minimum absolute atomic E-state index is 0. The summed E-state index contributed by atoms with van der Waals surface area (Å²) >= 11 is 0. The molecule has 1 saturated carbocycles. The molecule has 0 amide bonds. The smallest absolute Gasteiger partial charge is 0.277 e. The third kappa shape index (κ3) is 5.58. The number of hydrogen-bond acceptors (Lipinski definition) is 2. The molecule has 1 saturated heterocycles. The lowest BCUT2D eigenvalue weighted by Crippen LogP contribution is -2.43. The summed E-state index contributed by atoms with van der Waals surface area (Å²) in [5, 5.41) is -0.320. The van der Waals surface area contributed by atoms with E-state index < -0.39 is 7.52 Å². The average molecular weight is 362 g/mol. The van der Waals surface area contributed by atoms with E-state index in [9.17, 15) is 4.57 Å². The second-order valence-corrected chi connectivity index (χ2v) is 12.7. The van der Waals surface area contributed by atoms with Gasteiger partial charge in [-0.15, -0.1) is 0 Å². The summed E-state index contributed by atoms with van der Waals surface area (Å²) < 4.78 is 22.2. The van der Waals surface area contributed by atoms with Crippen molar-refractivity contribution in [2.45, 2.75) is 93.7 Å². The summed E-state index contributed by atoms with van der Waals surface area (Å²) in [6.45, 7) is 15.1. The molecule has 146 valence electrons. The molecule has 0 spiro atoms. The van der Waals surface area contributed by atoms with Crippen molar-refractivity contribution in [3.05, 3.63) is 0 Å². The molecule has 3 atom stereocenters. The van der Waals surface area contributed by atoms with E-state index in [4.69, 9.17) is 4.52 Å². The second-order valence-electron chi connectivity index (χ2n) is 9.53. The van der Waals surface area contributed by atoms with Gasteiger partial charge in [0.05, 0.1) is 11.8 Å². The third-order valence-corrected chi connectivity index (χ3v) is 8.44. The van der Waals surface area contributed by atoms with Crippen molar-refractivity contribution in [1.82, 2.24) is 4.67 Å². The molecule has 0 aromatic carbocycles. The van der Waals surface area contributed by atoms with E-state index >= 15 is 0 Å². The van der Waals surface area contributed by atoms with Gasteiger partial charge in [-0.3, -0.25) is 4.57 Å². The Morgan fingerprint density at radius 1 is 0.958 bits per heavy atom. The first-order chi connectivity index (χ1) is 10.0. The standard InChI is InChI=1S/C18H36NO2P.2CH4/c1-17(2,3)14-21-22(20,18(4,5)6)19-12-11-15-9-7-8-10-16(15)13-19;;/h15-16H,7-14H2,1-6H3;2*1H4. The fourth-order valence-electron chi connectivity index (χ4n) is 3.80.